The van der Waals surface area contributed by atoms with E-state index in [0.29, 0.717) is 12.8 Å². The molecule has 2 nitrogen and oxygen atoms in total. The Kier molecular flexibility index (Phi) is 4.12. The number of carbonyl (C=O) groups excluding carboxylic acids is 1. The van der Waals surface area contributed by atoms with Gasteiger partial charge in [-0.2, -0.15) is 0 Å². The Balaban J connectivity index is 2.17. The largest absolute Gasteiger partial charge is 0.460 e. The van der Waals surface area contributed by atoms with Crippen molar-refractivity contribution in [2.75, 3.05) is 0 Å². The molecule has 0 aliphatic rings. The molecule has 0 amide bonds. The summed E-state index contributed by atoms with van der Waals surface area (Å²) in [4.78, 5) is 11.3. The van der Waals surface area contributed by atoms with E-state index >= 15 is 0 Å². The van der Waals surface area contributed by atoms with Crippen LogP contribution in [0.5, 0.6) is 0 Å². The molecule has 0 aliphatic carbocycles. The van der Waals surface area contributed by atoms with E-state index in [-0.39, 0.29) is 11.6 Å². The highest BCUT2D eigenvalue weighted by molar-refractivity contribution is 9.10. The van der Waals surface area contributed by atoms with Crippen molar-refractivity contribution in [2.45, 2.75) is 19.8 Å². The Morgan fingerprint density at radius 2 is 1.91 bits per heavy atom. The molecule has 0 radical (unpaired) electrons. The molecule has 0 bridgehead atoms. The van der Waals surface area contributed by atoms with Gasteiger partial charge in [-0.15, -0.1) is 0 Å². The van der Waals surface area contributed by atoms with Crippen molar-refractivity contribution in [3.63, 3.8) is 0 Å². The minimum Gasteiger partial charge on any atom is -0.460 e. The van der Waals surface area contributed by atoms with Crippen LogP contribution in [0.2, 0.25) is 0 Å². The van der Waals surface area contributed by atoms with E-state index in [0.717, 1.165) is 32.3 Å². The van der Waals surface area contributed by atoms with Crippen LogP contribution in [0.4, 0.5) is 4.39 Å². The highest BCUT2D eigenvalue weighted by Crippen LogP contribution is 2.36. The van der Waals surface area contributed by atoms with Crippen molar-refractivity contribution in [3.8, 4) is 11.1 Å². The zero-order valence-electron chi connectivity index (χ0n) is 12.0. The van der Waals surface area contributed by atoms with E-state index in [4.69, 9.17) is 4.42 Å². The number of carbonyl (C=O) groups is 1. The number of furan rings is 1. The maximum atomic E-state index is 13.2. The predicted octanol–water partition coefficient (Wildman–Crippen LogP) is 5.52. The molecule has 0 unspecified atom stereocenters. The Bertz CT molecular complexity index is 834. The van der Waals surface area contributed by atoms with Crippen molar-refractivity contribution in [3.05, 3.63) is 58.5 Å². The number of rotatable bonds is 4. The van der Waals surface area contributed by atoms with Gasteiger partial charge in [0.05, 0.1) is 0 Å². The second kappa shape index (κ2) is 6.05. The van der Waals surface area contributed by atoms with Crippen LogP contribution >= 0.6 is 15.9 Å². The van der Waals surface area contributed by atoms with Gasteiger partial charge in [-0.25, -0.2) is 4.39 Å². The van der Waals surface area contributed by atoms with Crippen molar-refractivity contribution in [1.82, 2.24) is 0 Å². The molecule has 112 valence electrons. The number of benzene rings is 2. The second-order valence-corrected chi connectivity index (χ2v) is 6.17. The number of halogens is 2. The maximum absolute atomic E-state index is 13.2. The first kappa shape index (κ1) is 15.0. The number of aryl methyl sites for hydroxylation is 1. The lowest BCUT2D eigenvalue weighted by Crippen LogP contribution is -1.94. The summed E-state index contributed by atoms with van der Waals surface area (Å²) >= 11 is 3.43. The Hall–Kier alpha value is -1.94. The Labute approximate surface area is 136 Å². The van der Waals surface area contributed by atoms with Gasteiger partial charge in [0.25, 0.3) is 0 Å². The van der Waals surface area contributed by atoms with Gasteiger partial charge in [-0.1, -0.05) is 28.1 Å². The minimum absolute atomic E-state index is 0.117. The summed E-state index contributed by atoms with van der Waals surface area (Å²) in [5.41, 5.74) is 2.58. The summed E-state index contributed by atoms with van der Waals surface area (Å²) in [6.07, 6.45) is 0.962. The molecule has 1 heterocycles. The fraction of sp³-hybridized carbons (Fsp3) is 0.167. The predicted molar refractivity (Wildman–Crippen MR) is 88.3 cm³/mol. The van der Waals surface area contributed by atoms with E-state index < -0.39 is 0 Å². The van der Waals surface area contributed by atoms with Gasteiger partial charge in [0.1, 0.15) is 22.9 Å². The smallest absolute Gasteiger partial charge is 0.136 e. The zero-order valence-corrected chi connectivity index (χ0v) is 13.6. The number of fused-ring (bicyclic) bond motifs is 1. The van der Waals surface area contributed by atoms with Crippen LogP contribution < -0.4 is 0 Å². The second-order valence-electron chi connectivity index (χ2n) is 5.25. The summed E-state index contributed by atoms with van der Waals surface area (Å²) in [6, 6.07) is 12.2. The standard InChI is InChI=1S/C18H14BrFO2/c1-11(21)2-9-16-18(12-3-6-14(20)7-4-12)15-8-5-13(19)10-17(15)22-16/h3-8,10H,2,9H2,1H3. The molecular weight excluding hydrogens is 347 g/mol. The molecule has 0 saturated carbocycles. The van der Waals surface area contributed by atoms with Crippen LogP contribution in [0.25, 0.3) is 22.1 Å². The van der Waals surface area contributed by atoms with Crippen molar-refractivity contribution in [1.29, 1.82) is 0 Å². The van der Waals surface area contributed by atoms with E-state index in [1.807, 2.05) is 18.2 Å². The van der Waals surface area contributed by atoms with Gasteiger partial charge in [-0.3, -0.25) is 0 Å². The highest BCUT2D eigenvalue weighted by atomic mass is 79.9. The summed E-state index contributed by atoms with van der Waals surface area (Å²) in [7, 11) is 0. The first-order chi connectivity index (χ1) is 10.5. The zero-order chi connectivity index (χ0) is 15.7. The van der Waals surface area contributed by atoms with Crippen LogP contribution in [-0.4, -0.2) is 5.78 Å². The minimum atomic E-state index is -0.274. The average Bonchev–Trinajstić information content (AvgIpc) is 2.83. The molecule has 2 aromatic carbocycles. The van der Waals surface area contributed by atoms with Crippen LogP contribution in [0.1, 0.15) is 19.1 Å². The lowest BCUT2D eigenvalue weighted by molar-refractivity contribution is -0.117. The Morgan fingerprint density at radius 3 is 2.59 bits per heavy atom. The maximum Gasteiger partial charge on any atom is 0.136 e. The molecule has 4 heteroatoms. The van der Waals surface area contributed by atoms with Gasteiger partial charge < -0.3 is 9.21 Å². The van der Waals surface area contributed by atoms with Crippen molar-refractivity contribution < 1.29 is 13.6 Å². The van der Waals surface area contributed by atoms with E-state index in [1.54, 1.807) is 19.1 Å². The number of ketones is 1. The summed E-state index contributed by atoms with van der Waals surface area (Å²) in [6.45, 7) is 1.57. The highest BCUT2D eigenvalue weighted by Gasteiger charge is 2.16. The normalized spacial score (nSPS) is 11.0. The quantitative estimate of drug-likeness (QED) is 0.612. The van der Waals surface area contributed by atoms with Gasteiger partial charge >= 0.3 is 0 Å². The molecule has 1 aromatic heterocycles. The molecule has 0 aliphatic heterocycles. The van der Waals surface area contributed by atoms with E-state index in [2.05, 4.69) is 15.9 Å². The molecule has 0 saturated heterocycles. The molecular formula is C18H14BrFO2. The van der Waals surface area contributed by atoms with Crippen LogP contribution in [-0.2, 0) is 11.2 Å². The van der Waals surface area contributed by atoms with Gasteiger partial charge in [0.15, 0.2) is 0 Å². The van der Waals surface area contributed by atoms with Gasteiger partial charge in [0.2, 0.25) is 0 Å². The van der Waals surface area contributed by atoms with Crippen molar-refractivity contribution in [2.24, 2.45) is 0 Å². The number of hydrogen-bond donors (Lipinski definition) is 0. The third-order valence-electron chi connectivity index (χ3n) is 3.56. The molecule has 0 fully saturated rings. The lowest BCUT2D eigenvalue weighted by Gasteiger charge is -2.03. The molecule has 0 N–H and O–H groups in total. The van der Waals surface area contributed by atoms with E-state index in [9.17, 15) is 9.18 Å². The summed E-state index contributed by atoms with van der Waals surface area (Å²) in [5.74, 6) is 0.603. The van der Waals surface area contributed by atoms with Crippen LogP contribution in [0.3, 0.4) is 0 Å². The number of Topliss-reactive ketones (excluding diaryl/α,β-unsaturated/α-hetero) is 1. The molecule has 3 aromatic rings. The molecule has 0 atom stereocenters. The average molecular weight is 361 g/mol. The van der Waals surface area contributed by atoms with E-state index in [1.165, 1.54) is 12.1 Å². The van der Waals surface area contributed by atoms with Crippen LogP contribution in [0.15, 0.2) is 51.4 Å². The van der Waals surface area contributed by atoms with Gasteiger partial charge in [0, 0.05) is 28.3 Å². The summed E-state index contributed by atoms with van der Waals surface area (Å²) < 4.78 is 20.0. The SMILES string of the molecule is CC(=O)CCc1oc2cc(Br)ccc2c1-c1ccc(F)cc1. The number of hydrogen-bond acceptors (Lipinski definition) is 2. The molecule has 22 heavy (non-hydrogen) atoms. The topological polar surface area (TPSA) is 30.2 Å². The first-order valence-corrected chi connectivity index (χ1v) is 7.80. The molecule has 3 rings (SSSR count). The first-order valence-electron chi connectivity index (χ1n) is 7.01. The Morgan fingerprint density at radius 1 is 1.18 bits per heavy atom. The lowest BCUT2D eigenvalue weighted by atomic mass is 9.99. The molecule has 0 spiro atoms. The summed E-state index contributed by atoms with van der Waals surface area (Å²) in [5, 5.41) is 0.966. The van der Waals surface area contributed by atoms with Crippen LogP contribution in [0, 0.1) is 5.82 Å². The monoisotopic (exact) mass is 360 g/mol. The third-order valence-corrected chi connectivity index (χ3v) is 4.06. The van der Waals surface area contributed by atoms with Crippen molar-refractivity contribution >= 4 is 32.7 Å². The van der Waals surface area contributed by atoms with Gasteiger partial charge in [-0.05, 0) is 42.8 Å². The third kappa shape index (κ3) is 2.97. The fourth-order valence-corrected chi connectivity index (χ4v) is 2.86. The fourth-order valence-electron chi connectivity index (χ4n) is 2.52.